The van der Waals surface area contributed by atoms with Gasteiger partial charge < -0.3 is 9.88 Å². The van der Waals surface area contributed by atoms with Crippen LogP contribution in [0.3, 0.4) is 0 Å². The summed E-state index contributed by atoms with van der Waals surface area (Å²) in [6.07, 6.45) is 10.4. The van der Waals surface area contributed by atoms with Crippen LogP contribution < -0.4 is 5.32 Å². The lowest BCUT2D eigenvalue weighted by molar-refractivity contribution is 0.615. The molecular weight excluding hydrogens is 276 g/mol. The molecule has 0 aliphatic rings. The lowest BCUT2D eigenvalue weighted by Gasteiger charge is -2.05. The lowest BCUT2D eigenvalue weighted by Crippen LogP contribution is -2.08. The fraction of sp³-hybridized carbons (Fsp3) is 0.312. The molecule has 114 valence electrons. The summed E-state index contributed by atoms with van der Waals surface area (Å²) in [5, 5.41) is 7.85. The minimum Gasteiger partial charge on any atom is -0.361 e. The van der Waals surface area contributed by atoms with E-state index in [1.807, 2.05) is 53.9 Å². The zero-order chi connectivity index (χ0) is 15.2. The third-order valence-corrected chi connectivity index (χ3v) is 3.59. The Morgan fingerprint density at radius 3 is 2.77 bits per heavy atom. The van der Waals surface area contributed by atoms with E-state index in [-0.39, 0.29) is 0 Å². The molecule has 0 aromatic carbocycles. The molecule has 3 aromatic heterocycles. The van der Waals surface area contributed by atoms with Crippen LogP contribution in [0.4, 0.5) is 5.82 Å². The quantitative estimate of drug-likeness (QED) is 0.727. The first kappa shape index (κ1) is 14.3. The van der Waals surface area contributed by atoms with Crippen LogP contribution in [0, 0.1) is 0 Å². The van der Waals surface area contributed by atoms with E-state index in [2.05, 4.69) is 31.9 Å². The second kappa shape index (κ2) is 6.89. The largest absolute Gasteiger partial charge is 0.361 e. The van der Waals surface area contributed by atoms with Gasteiger partial charge in [0.25, 0.3) is 0 Å². The van der Waals surface area contributed by atoms with Gasteiger partial charge in [-0.3, -0.25) is 9.67 Å². The first-order valence-electron chi connectivity index (χ1n) is 7.51. The van der Waals surface area contributed by atoms with Crippen molar-refractivity contribution in [3.8, 4) is 0 Å². The number of nitrogens with one attached hydrogen (secondary N) is 1. The molecule has 0 aliphatic heterocycles. The van der Waals surface area contributed by atoms with Crippen LogP contribution >= 0.6 is 0 Å². The number of anilines is 1. The molecule has 3 heterocycles. The topological polar surface area (TPSA) is 60.6 Å². The highest BCUT2D eigenvalue weighted by Gasteiger charge is 2.03. The van der Waals surface area contributed by atoms with E-state index in [9.17, 15) is 0 Å². The highest BCUT2D eigenvalue weighted by molar-refractivity contribution is 5.32. The van der Waals surface area contributed by atoms with Crippen molar-refractivity contribution in [2.45, 2.75) is 33.0 Å². The van der Waals surface area contributed by atoms with Gasteiger partial charge in [-0.2, -0.15) is 5.10 Å². The van der Waals surface area contributed by atoms with Gasteiger partial charge in [-0.05, 0) is 31.0 Å². The van der Waals surface area contributed by atoms with Crippen molar-refractivity contribution in [3.63, 3.8) is 0 Å². The molecule has 6 nitrogen and oxygen atoms in total. The molecule has 0 amide bonds. The number of nitrogens with zero attached hydrogens (tertiary/aromatic N) is 5. The molecule has 0 saturated carbocycles. The summed E-state index contributed by atoms with van der Waals surface area (Å²) in [4.78, 5) is 8.37. The lowest BCUT2D eigenvalue weighted by atomic mass is 10.2. The van der Waals surface area contributed by atoms with Gasteiger partial charge in [0.05, 0.1) is 6.54 Å². The van der Waals surface area contributed by atoms with Crippen molar-refractivity contribution in [2.24, 2.45) is 0 Å². The Kier molecular flexibility index (Phi) is 4.48. The zero-order valence-electron chi connectivity index (χ0n) is 12.7. The van der Waals surface area contributed by atoms with Crippen molar-refractivity contribution in [2.75, 3.05) is 5.32 Å². The highest BCUT2D eigenvalue weighted by atomic mass is 15.3. The summed E-state index contributed by atoms with van der Waals surface area (Å²) >= 11 is 0. The van der Waals surface area contributed by atoms with Gasteiger partial charge in [0.2, 0.25) is 0 Å². The standard InChI is InChI=1S/C16H20N6/c1-2-21-12-9-18-16(21)13-19-15-6-11-22(20-15)10-5-14-3-7-17-8-4-14/h3-4,6-9,11-12H,2,5,10,13H2,1H3,(H,19,20). The van der Waals surface area contributed by atoms with Gasteiger partial charge in [-0.1, -0.05) is 0 Å². The first-order valence-corrected chi connectivity index (χ1v) is 7.51. The molecule has 3 rings (SSSR count). The van der Waals surface area contributed by atoms with E-state index in [1.165, 1.54) is 5.56 Å². The molecule has 1 N–H and O–H groups in total. The van der Waals surface area contributed by atoms with Gasteiger partial charge >= 0.3 is 0 Å². The van der Waals surface area contributed by atoms with E-state index in [1.54, 1.807) is 0 Å². The molecule has 0 saturated heterocycles. The number of aromatic nitrogens is 5. The average Bonchev–Trinajstić information content (AvgIpc) is 3.20. The second-order valence-corrected chi connectivity index (χ2v) is 5.05. The maximum atomic E-state index is 4.53. The summed E-state index contributed by atoms with van der Waals surface area (Å²) in [6, 6.07) is 6.06. The maximum absolute atomic E-state index is 4.53. The van der Waals surface area contributed by atoms with Crippen LogP contribution in [0.1, 0.15) is 18.3 Å². The van der Waals surface area contributed by atoms with Crippen LogP contribution in [0.15, 0.2) is 49.2 Å². The average molecular weight is 296 g/mol. The molecule has 0 unspecified atom stereocenters. The maximum Gasteiger partial charge on any atom is 0.148 e. The number of hydrogen-bond acceptors (Lipinski definition) is 4. The number of rotatable bonds is 7. The third-order valence-electron chi connectivity index (χ3n) is 3.59. The molecule has 3 aromatic rings. The van der Waals surface area contributed by atoms with Crippen molar-refractivity contribution >= 4 is 5.82 Å². The Bertz CT molecular complexity index is 700. The highest BCUT2D eigenvalue weighted by Crippen LogP contribution is 2.07. The van der Waals surface area contributed by atoms with Crippen LogP contribution in [-0.2, 0) is 26.1 Å². The van der Waals surface area contributed by atoms with Crippen molar-refractivity contribution in [1.82, 2.24) is 24.3 Å². The van der Waals surface area contributed by atoms with E-state index in [0.717, 1.165) is 31.2 Å². The van der Waals surface area contributed by atoms with E-state index in [0.29, 0.717) is 6.54 Å². The van der Waals surface area contributed by atoms with Crippen molar-refractivity contribution < 1.29 is 0 Å². The Labute approximate surface area is 129 Å². The van der Waals surface area contributed by atoms with Crippen LogP contribution in [0.2, 0.25) is 0 Å². The molecule has 0 bridgehead atoms. The minimum atomic E-state index is 0.683. The molecule has 0 aliphatic carbocycles. The van der Waals surface area contributed by atoms with E-state index >= 15 is 0 Å². The predicted octanol–water partition coefficient (Wildman–Crippen LogP) is 2.35. The van der Waals surface area contributed by atoms with E-state index in [4.69, 9.17) is 0 Å². The molecule has 22 heavy (non-hydrogen) atoms. The van der Waals surface area contributed by atoms with Crippen LogP contribution in [0.25, 0.3) is 0 Å². The summed E-state index contributed by atoms with van der Waals surface area (Å²) < 4.78 is 4.07. The fourth-order valence-corrected chi connectivity index (χ4v) is 2.34. The Morgan fingerprint density at radius 1 is 1.09 bits per heavy atom. The normalized spacial score (nSPS) is 10.8. The molecule has 0 spiro atoms. The first-order chi connectivity index (χ1) is 10.8. The molecule has 0 atom stereocenters. The summed E-state index contributed by atoms with van der Waals surface area (Å²) in [5.41, 5.74) is 1.27. The smallest absolute Gasteiger partial charge is 0.148 e. The second-order valence-electron chi connectivity index (χ2n) is 5.05. The van der Waals surface area contributed by atoms with Gasteiger partial charge in [0, 0.05) is 50.1 Å². The van der Waals surface area contributed by atoms with Gasteiger partial charge in [-0.25, -0.2) is 4.98 Å². The third kappa shape index (κ3) is 3.52. The SMILES string of the molecule is CCn1ccnc1CNc1ccn(CCc2ccncc2)n1. The number of aryl methyl sites for hydroxylation is 3. The van der Waals surface area contributed by atoms with Crippen LogP contribution in [0.5, 0.6) is 0 Å². The van der Waals surface area contributed by atoms with Crippen molar-refractivity contribution in [1.29, 1.82) is 0 Å². The summed E-state index contributed by atoms with van der Waals surface area (Å²) in [6.45, 7) is 4.58. The summed E-state index contributed by atoms with van der Waals surface area (Å²) in [7, 11) is 0. The Balaban J connectivity index is 1.53. The van der Waals surface area contributed by atoms with Gasteiger partial charge in [-0.15, -0.1) is 0 Å². The van der Waals surface area contributed by atoms with Crippen LogP contribution in [-0.4, -0.2) is 24.3 Å². The Hall–Kier alpha value is -2.63. The Morgan fingerprint density at radius 2 is 1.95 bits per heavy atom. The molecule has 0 radical (unpaired) electrons. The van der Waals surface area contributed by atoms with E-state index < -0.39 is 0 Å². The number of imidazole rings is 1. The summed E-state index contributed by atoms with van der Waals surface area (Å²) in [5.74, 6) is 1.90. The molecule has 0 fully saturated rings. The minimum absolute atomic E-state index is 0.683. The fourth-order valence-electron chi connectivity index (χ4n) is 2.34. The predicted molar refractivity (Wildman–Crippen MR) is 85.4 cm³/mol. The van der Waals surface area contributed by atoms with Crippen molar-refractivity contribution in [3.05, 3.63) is 60.6 Å². The van der Waals surface area contributed by atoms with Gasteiger partial charge in [0.1, 0.15) is 11.6 Å². The zero-order valence-corrected chi connectivity index (χ0v) is 12.7. The van der Waals surface area contributed by atoms with Gasteiger partial charge in [0.15, 0.2) is 0 Å². The monoisotopic (exact) mass is 296 g/mol. The number of hydrogen-bond donors (Lipinski definition) is 1. The molecule has 6 heteroatoms. The number of pyridine rings is 1. The molecular formula is C16H20N6.